The Balaban J connectivity index is 1.34. The molecule has 1 atom stereocenters. The van der Waals surface area contributed by atoms with Crippen molar-refractivity contribution < 1.29 is 19.1 Å². The topological polar surface area (TPSA) is 80.2 Å². The van der Waals surface area contributed by atoms with E-state index in [0.29, 0.717) is 39.4 Å². The molecule has 1 N–H and O–H groups in total. The second kappa shape index (κ2) is 11.3. The molecule has 0 spiro atoms. The average molecular weight is 512 g/mol. The summed E-state index contributed by atoms with van der Waals surface area (Å²) in [6.07, 6.45) is 1.63. The van der Waals surface area contributed by atoms with E-state index in [4.69, 9.17) is 32.7 Å². The maximum absolute atomic E-state index is 12.6. The van der Waals surface area contributed by atoms with Crippen LogP contribution in [0.15, 0.2) is 71.8 Å². The predicted molar refractivity (Wildman–Crippen MR) is 136 cm³/mol. The number of halogens is 2. The first-order chi connectivity index (χ1) is 16.9. The molecule has 2 amide bonds. The molecule has 3 aromatic carbocycles. The number of benzene rings is 3. The zero-order valence-electron chi connectivity index (χ0n) is 18.9. The Bertz CT molecular complexity index is 1250. The minimum Gasteiger partial charge on any atom is -0.493 e. The van der Waals surface area contributed by atoms with Gasteiger partial charge in [-0.1, -0.05) is 41.4 Å². The van der Waals surface area contributed by atoms with Gasteiger partial charge >= 0.3 is 0 Å². The van der Waals surface area contributed by atoms with Gasteiger partial charge in [-0.15, -0.1) is 0 Å². The van der Waals surface area contributed by atoms with Crippen LogP contribution in [0.5, 0.6) is 11.5 Å². The Labute approximate surface area is 213 Å². The number of rotatable bonds is 8. The third-order valence-electron chi connectivity index (χ3n) is 5.55. The van der Waals surface area contributed by atoms with E-state index in [9.17, 15) is 9.59 Å². The Kier molecular flexibility index (Phi) is 7.90. The fraction of sp³-hybridized carbons (Fsp3) is 0.192. The molecule has 9 heteroatoms. The number of carbonyl (C=O) groups excluding carboxylic acids is 2. The highest BCUT2D eigenvalue weighted by molar-refractivity contribution is 6.31. The number of anilines is 1. The molecule has 0 radical (unpaired) electrons. The molecule has 7 nitrogen and oxygen atoms in total. The Morgan fingerprint density at radius 3 is 2.63 bits per heavy atom. The fourth-order valence-corrected chi connectivity index (χ4v) is 3.99. The van der Waals surface area contributed by atoms with Crippen molar-refractivity contribution in [3.63, 3.8) is 0 Å². The lowest BCUT2D eigenvalue weighted by Crippen LogP contribution is -2.30. The zero-order chi connectivity index (χ0) is 24.8. The lowest BCUT2D eigenvalue weighted by atomic mass is 10.1. The van der Waals surface area contributed by atoms with Crippen LogP contribution in [0.25, 0.3) is 0 Å². The molecule has 1 fully saturated rings. The van der Waals surface area contributed by atoms with Crippen molar-refractivity contribution in [2.24, 2.45) is 11.0 Å². The summed E-state index contributed by atoms with van der Waals surface area (Å²) in [5.74, 6) is 0.143. The summed E-state index contributed by atoms with van der Waals surface area (Å²) in [6.45, 7) is 0.583. The molecule has 35 heavy (non-hydrogen) atoms. The number of hydrogen-bond acceptors (Lipinski definition) is 5. The summed E-state index contributed by atoms with van der Waals surface area (Å²) in [7, 11) is 1.55. The highest BCUT2D eigenvalue weighted by Crippen LogP contribution is 2.29. The van der Waals surface area contributed by atoms with Gasteiger partial charge in [-0.2, -0.15) is 5.10 Å². The molecule has 1 saturated heterocycles. The van der Waals surface area contributed by atoms with Crippen LogP contribution in [0.4, 0.5) is 5.69 Å². The van der Waals surface area contributed by atoms with Crippen molar-refractivity contribution in [1.29, 1.82) is 0 Å². The molecule has 1 heterocycles. The van der Waals surface area contributed by atoms with Crippen molar-refractivity contribution in [2.45, 2.75) is 13.0 Å². The smallest absolute Gasteiger partial charge is 0.245 e. The van der Waals surface area contributed by atoms with E-state index in [1.807, 2.05) is 24.3 Å². The van der Waals surface area contributed by atoms with Crippen molar-refractivity contribution >= 4 is 46.9 Å². The molecule has 4 rings (SSSR count). The fourth-order valence-electron chi connectivity index (χ4n) is 3.67. The van der Waals surface area contributed by atoms with Crippen LogP contribution in [-0.2, 0) is 16.2 Å². The molecular weight excluding hydrogens is 489 g/mol. The Morgan fingerprint density at radius 2 is 1.89 bits per heavy atom. The highest BCUT2D eigenvalue weighted by Gasteiger charge is 2.35. The quantitative estimate of drug-likeness (QED) is 0.337. The lowest BCUT2D eigenvalue weighted by molar-refractivity contribution is -0.126. The van der Waals surface area contributed by atoms with E-state index in [1.54, 1.807) is 54.5 Å². The number of nitrogens with zero attached hydrogens (tertiary/aromatic N) is 2. The maximum atomic E-state index is 12.6. The molecule has 180 valence electrons. The molecule has 0 aliphatic carbocycles. The third kappa shape index (κ3) is 6.12. The summed E-state index contributed by atoms with van der Waals surface area (Å²) in [4.78, 5) is 26.5. The number of methoxy groups -OCH3 is 1. The minimum absolute atomic E-state index is 0.117. The van der Waals surface area contributed by atoms with Crippen molar-refractivity contribution in [2.75, 3.05) is 18.6 Å². The van der Waals surface area contributed by atoms with Crippen LogP contribution >= 0.6 is 23.2 Å². The van der Waals surface area contributed by atoms with Crippen molar-refractivity contribution in [3.05, 3.63) is 87.9 Å². The molecule has 1 aliphatic rings. The van der Waals surface area contributed by atoms with Gasteiger partial charge in [-0.25, -0.2) is 5.43 Å². The molecular formula is C26H23Cl2N3O4. The largest absolute Gasteiger partial charge is 0.493 e. The van der Waals surface area contributed by atoms with Crippen LogP contribution in [-0.4, -0.2) is 31.7 Å². The predicted octanol–water partition coefficient (Wildman–Crippen LogP) is 5.08. The lowest BCUT2D eigenvalue weighted by Gasteiger charge is -2.16. The van der Waals surface area contributed by atoms with Crippen LogP contribution < -0.4 is 19.8 Å². The normalized spacial score (nSPS) is 15.5. The zero-order valence-corrected chi connectivity index (χ0v) is 20.4. The molecule has 0 unspecified atom stereocenters. The summed E-state index contributed by atoms with van der Waals surface area (Å²) < 4.78 is 11.3. The van der Waals surface area contributed by atoms with E-state index in [2.05, 4.69) is 10.5 Å². The molecule has 3 aromatic rings. The van der Waals surface area contributed by atoms with Crippen molar-refractivity contribution in [3.8, 4) is 11.5 Å². The average Bonchev–Trinajstić information content (AvgIpc) is 3.26. The minimum atomic E-state index is -0.495. The number of ether oxygens (including phenoxy) is 2. The monoisotopic (exact) mass is 511 g/mol. The third-order valence-corrected chi connectivity index (χ3v) is 6.17. The van der Waals surface area contributed by atoms with Gasteiger partial charge < -0.3 is 14.4 Å². The maximum Gasteiger partial charge on any atom is 0.245 e. The van der Waals surface area contributed by atoms with Crippen LogP contribution in [0, 0.1) is 5.92 Å². The van der Waals surface area contributed by atoms with Gasteiger partial charge in [0.15, 0.2) is 11.5 Å². The standard InChI is InChI=1S/C26H23Cl2N3O4/c1-34-24-12-17(6-11-23(24)35-16-18-4-2-3-5-22(18)28)14-29-30-26(33)19-13-25(32)31(15-19)21-9-7-20(27)8-10-21/h2-12,14,19H,13,15-16H2,1H3,(H,30,33)/b29-14-/t19-/m1/s1. The second-order valence-electron chi connectivity index (χ2n) is 7.91. The van der Waals surface area contributed by atoms with E-state index in [-0.39, 0.29) is 24.8 Å². The Hall–Kier alpha value is -3.55. The van der Waals surface area contributed by atoms with Gasteiger partial charge in [0.05, 0.1) is 19.2 Å². The number of amides is 2. The van der Waals surface area contributed by atoms with Gasteiger partial charge in [-0.3, -0.25) is 9.59 Å². The Morgan fingerprint density at radius 1 is 1.11 bits per heavy atom. The summed E-state index contributed by atoms with van der Waals surface area (Å²) in [5, 5.41) is 5.26. The molecule has 0 aromatic heterocycles. The van der Waals surface area contributed by atoms with E-state index in [0.717, 1.165) is 5.56 Å². The first-order valence-electron chi connectivity index (χ1n) is 10.9. The number of hydrogen-bond donors (Lipinski definition) is 1. The summed E-state index contributed by atoms with van der Waals surface area (Å²) in [5.41, 5.74) is 4.81. The molecule has 0 bridgehead atoms. The highest BCUT2D eigenvalue weighted by atomic mass is 35.5. The molecule has 0 saturated carbocycles. The van der Waals surface area contributed by atoms with E-state index in [1.165, 1.54) is 6.21 Å². The summed E-state index contributed by atoms with van der Waals surface area (Å²) >= 11 is 12.1. The van der Waals surface area contributed by atoms with E-state index >= 15 is 0 Å². The number of hydrazone groups is 1. The van der Waals surface area contributed by atoms with Crippen LogP contribution in [0.3, 0.4) is 0 Å². The first kappa shape index (κ1) is 24.6. The number of nitrogens with one attached hydrogen (secondary N) is 1. The molecule has 1 aliphatic heterocycles. The number of carbonyl (C=O) groups is 2. The SMILES string of the molecule is COc1cc(/C=N\NC(=O)[C@@H]2CC(=O)N(c3ccc(Cl)cc3)C2)ccc1OCc1ccccc1Cl. The van der Waals surface area contributed by atoms with Crippen molar-refractivity contribution in [1.82, 2.24) is 5.43 Å². The van der Waals surface area contributed by atoms with Gasteiger partial charge in [0.25, 0.3) is 0 Å². The van der Waals surface area contributed by atoms with Gasteiger partial charge in [-0.05, 0) is 54.1 Å². The van der Waals surface area contributed by atoms with Crippen LogP contribution in [0.2, 0.25) is 10.0 Å². The van der Waals surface area contributed by atoms with E-state index < -0.39 is 5.92 Å². The van der Waals surface area contributed by atoms with Gasteiger partial charge in [0, 0.05) is 34.3 Å². The summed E-state index contributed by atoms with van der Waals surface area (Å²) in [6, 6.07) is 19.7. The van der Waals surface area contributed by atoms with Gasteiger partial charge in [0.2, 0.25) is 11.8 Å². The van der Waals surface area contributed by atoms with Crippen LogP contribution in [0.1, 0.15) is 17.5 Å². The first-order valence-corrected chi connectivity index (χ1v) is 11.6. The second-order valence-corrected chi connectivity index (χ2v) is 8.75. The van der Waals surface area contributed by atoms with Gasteiger partial charge in [0.1, 0.15) is 6.61 Å².